The third kappa shape index (κ3) is 3.76. The number of halogens is 1. The van der Waals surface area contributed by atoms with Crippen LogP contribution in [0.3, 0.4) is 0 Å². The molecule has 0 radical (unpaired) electrons. The second-order valence-electron chi connectivity index (χ2n) is 4.16. The van der Waals surface area contributed by atoms with E-state index < -0.39 is 0 Å². The van der Waals surface area contributed by atoms with Crippen LogP contribution in [0.5, 0.6) is 0 Å². The molecule has 1 heterocycles. The van der Waals surface area contributed by atoms with Gasteiger partial charge in [0.15, 0.2) is 0 Å². The summed E-state index contributed by atoms with van der Waals surface area (Å²) in [6.07, 6.45) is 0.630. The fourth-order valence-corrected chi connectivity index (χ4v) is 1.84. The molecule has 6 heteroatoms. The van der Waals surface area contributed by atoms with Crippen LogP contribution < -0.4 is 5.32 Å². The van der Waals surface area contributed by atoms with Crippen molar-refractivity contribution in [3.05, 3.63) is 35.2 Å². The molecule has 0 fully saturated rings. The molecule has 5 nitrogen and oxygen atoms in total. The number of nitrogens with one attached hydrogen (secondary N) is 1. The fraction of sp³-hybridized carbons (Fsp3) is 0.385. The SMILES string of the molecule is CNC(COC)Cc1nc(-c2ccc(Cl)cc2)no1. The first-order valence-corrected chi connectivity index (χ1v) is 6.35. The van der Waals surface area contributed by atoms with E-state index in [1.807, 2.05) is 19.2 Å². The first-order chi connectivity index (χ1) is 9.22. The molecule has 2 rings (SSSR count). The lowest BCUT2D eigenvalue weighted by Crippen LogP contribution is -2.32. The normalized spacial score (nSPS) is 12.6. The molecular formula is C13H16ClN3O2. The van der Waals surface area contributed by atoms with Gasteiger partial charge in [-0.05, 0) is 31.3 Å². The van der Waals surface area contributed by atoms with E-state index in [0.717, 1.165) is 5.56 Å². The van der Waals surface area contributed by atoms with Gasteiger partial charge < -0.3 is 14.6 Å². The van der Waals surface area contributed by atoms with Crippen LogP contribution in [0.1, 0.15) is 5.89 Å². The number of hydrogen-bond acceptors (Lipinski definition) is 5. The molecular weight excluding hydrogens is 266 g/mol. The summed E-state index contributed by atoms with van der Waals surface area (Å²) in [5.41, 5.74) is 0.882. The number of nitrogens with zero attached hydrogens (tertiary/aromatic N) is 2. The molecule has 0 saturated carbocycles. The number of aromatic nitrogens is 2. The van der Waals surface area contributed by atoms with E-state index in [4.69, 9.17) is 20.9 Å². The Hall–Kier alpha value is -1.43. The first-order valence-electron chi connectivity index (χ1n) is 5.97. The molecule has 1 aromatic carbocycles. The number of ether oxygens (including phenoxy) is 1. The quantitative estimate of drug-likeness (QED) is 0.879. The van der Waals surface area contributed by atoms with E-state index in [-0.39, 0.29) is 6.04 Å². The van der Waals surface area contributed by atoms with Crippen molar-refractivity contribution in [2.75, 3.05) is 20.8 Å². The van der Waals surface area contributed by atoms with Crippen molar-refractivity contribution in [2.45, 2.75) is 12.5 Å². The minimum absolute atomic E-state index is 0.156. The minimum Gasteiger partial charge on any atom is -0.383 e. The van der Waals surface area contributed by atoms with Gasteiger partial charge in [-0.3, -0.25) is 0 Å². The standard InChI is InChI=1S/C13H16ClN3O2/c1-15-11(8-18-2)7-12-16-13(17-19-12)9-3-5-10(14)6-4-9/h3-6,11,15H,7-8H2,1-2H3. The van der Waals surface area contributed by atoms with Gasteiger partial charge in [0, 0.05) is 30.2 Å². The Morgan fingerprint density at radius 1 is 1.37 bits per heavy atom. The average molecular weight is 282 g/mol. The average Bonchev–Trinajstić information content (AvgIpc) is 2.87. The number of benzene rings is 1. The van der Waals surface area contributed by atoms with Crippen molar-refractivity contribution in [1.29, 1.82) is 0 Å². The predicted octanol–water partition coefficient (Wildman–Crippen LogP) is 2.17. The molecule has 1 aromatic heterocycles. The third-order valence-corrected chi connectivity index (χ3v) is 3.02. The van der Waals surface area contributed by atoms with E-state index in [2.05, 4.69) is 15.5 Å². The summed E-state index contributed by atoms with van der Waals surface area (Å²) in [6, 6.07) is 7.48. The lowest BCUT2D eigenvalue weighted by Gasteiger charge is -2.11. The molecule has 102 valence electrons. The molecule has 0 spiro atoms. The zero-order valence-electron chi connectivity index (χ0n) is 10.9. The highest BCUT2D eigenvalue weighted by Gasteiger charge is 2.13. The van der Waals surface area contributed by atoms with Crippen LogP contribution in [0.25, 0.3) is 11.4 Å². The molecule has 0 saturated heterocycles. The van der Waals surface area contributed by atoms with Crippen molar-refractivity contribution in [3.63, 3.8) is 0 Å². The van der Waals surface area contributed by atoms with Crippen LogP contribution >= 0.6 is 11.6 Å². The number of likely N-dealkylation sites (N-methyl/N-ethyl adjacent to an activating group) is 1. The van der Waals surface area contributed by atoms with E-state index in [9.17, 15) is 0 Å². The van der Waals surface area contributed by atoms with Gasteiger partial charge in [-0.25, -0.2) is 0 Å². The van der Waals surface area contributed by atoms with Crippen molar-refractivity contribution in [3.8, 4) is 11.4 Å². The Bertz CT molecular complexity index is 513. The summed E-state index contributed by atoms with van der Waals surface area (Å²) in [4.78, 5) is 4.36. The van der Waals surface area contributed by atoms with Crippen molar-refractivity contribution >= 4 is 11.6 Å². The van der Waals surface area contributed by atoms with Gasteiger partial charge >= 0.3 is 0 Å². The lowest BCUT2D eigenvalue weighted by atomic mass is 10.2. The molecule has 1 atom stereocenters. The monoisotopic (exact) mass is 281 g/mol. The summed E-state index contributed by atoms with van der Waals surface area (Å²) in [7, 11) is 3.54. The summed E-state index contributed by atoms with van der Waals surface area (Å²) >= 11 is 5.84. The number of rotatable bonds is 6. The van der Waals surface area contributed by atoms with Gasteiger partial charge in [-0.2, -0.15) is 4.98 Å². The zero-order chi connectivity index (χ0) is 13.7. The molecule has 1 N–H and O–H groups in total. The third-order valence-electron chi connectivity index (χ3n) is 2.77. The zero-order valence-corrected chi connectivity index (χ0v) is 11.6. The van der Waals surface area contributed by atoms with Gasteiger partial charge in [0.1, 0.15) is 0 Å². The maximum absolute atomic E-state index is 5.84. The van der Waals surface area contributed by atoms with Crippen LogP contribution in [0.2, 0.25) is 5.02 Å². The van der Waals surface area contributed by atoms with Crippen LogP contribution in [0, 0.1) is 0 Å². The van der Waals surface area contributed by atoms with Crippen molar-refractivity contribution in [1.82, 2.24) is 15.5 Å². The highest BCUT2D eigenvalue weighted by molar-refractivity contribution is 6.30. The highest BCUT2D eigenvalue weighted by Crippen LogP contribution is 2.18. The molecule has 0 aliphatic heterocycles. The Labute approximate surface area is 116 Å². The van der Waals surface area contributed by atoms with Gasteiger partial charge in [0.05, 0.1) is 6.61 Å². The number of methoxy groups -OCH3 is 1. The van der Waals surface area contributed by atoms with Crippen molar-refractivity contribution in [2.24, 2.45) is 0 Å². The van der Waals surface area contributed by atoms with Gasteiger partial charge in [0.2, 0.25) is 11.7 Å². The van der Waals surface area contributed by atoms with Crippen molar-refractivity contribution < 1.29 is 9.26 Å². The van der Waals surface area contributed by atoms with E-state index in [1.54, 1.807) is 19.2 Å². The molecule has 1 unspecified atom stereocenters. The van der Waals surface area contributed by atoms with E-state index >= 15 is 0 Å². The smallest absolute Gasteiger partial charge is 0.228 e. The van der Waals surface area contributed by atoms with Gasteiger partial charge in [-0.15, -0.1) is 0 Å². The summed E-state index contributed by atoms with van der Waals surface area (Å²) < 4.78 is 10.3. The Balaban J connectivity index is 2.08. The van der Waals surface area contributed by atoms with Crippen LogP contribution in [0.15, 0.2) is 28.8 Å². The van der Waals surface area contributed by atoms with E-state index in [0.29, 0.717) is 29.8 Å². The highest BCUT2D eigenvalue weighted by atomic mass is 35.5. The van der Waals surface area contributed by atoms with Crippen LogP contribution in [-0.4, -0.2) is 36.9 Å². The van der Waals surface area contributed by atoms with Gasteiger partial charge in [0.25, 0.3) is 0 Å². The maximum atomic E-state index is 5.84. The maximum Gasteiger partial charge on any atom is 0.228 e. The minimum atomic E-state index is 0.156. The Morgan fingerprint density at radius 3 is 2.74 bits per heavy atom. The molecule has 0 aliphatic rings. The Morgan fingerprint density at radius 2 is 2.11 bits per heavy atom. The predicted molar refractivity (Wildman–Crippen MR) is 73.2 cm³/mol. The van der Waals surface area contributed by atoms with Crippen LogP contribution in [0.4, 0.5) is 0 Å². The molecule has 2 aromatic rings. The second-order valence-corrected chi connectivity index (χ2v) is 4.60. The van der Waals surface area contributed by atoms with Gasteiger partial charge in [-0.1, -0.05) is 16.8 Å². The molecule has 0 aliphatic carbocycles. The number of hydrogen-bond donors (Lipinski definition) is 1. The van der Waals surface area contributed by atoms with E-state index in [1.165, 1.54) is 0 Å². The largest absolute Gasteiger partial charge is 0.383 e. The van der Waals surface area contributed by atoms with Crippen LogP contribution in [-0.2, 0) is 11.2 Å². The molecule has 0 bridgehead atoms. The summed E-state index contributed by atoms with van der Waals surface area (Å²) in [5.74, 6) is 1.15. The summed E-state index contributed by atoms with van der Waals surface area (Å²) in [5, 5.41) is 7.79. The topological polar surface area (TPSA) is 60.2 Å². The fourth-order valence-electron chi connectivity index (χ4n) is 1.71. The Kier molecular flexibility index (Phi) is 4.90. The second kappa shape index (κ2) is 6.65. The first kappa shape index (κ1) is 14.0. The molecule has 0 amide bonds. The summed E-state index contributed by atoms with van der Waals surface area (Å²) in [6.45, 7) is 0.592. The lowest BCUT2D eigenvalue weighted by molar-refractivity contribution is 0.165. The molecule has 19 heavy (non-hydrogen) atoms.